The van der Waals surface area contributed by atoms with Crippen LogP contribution in [0.2, 0.25) is 0 Å². The molecule has 0 saturated heterocycles. The molecule has 6 nitrogen and oxygen atoms in total. The fraction of sp³-hybridized carbons (Fsp3) is 0.933. The average Bonchev–Trinajstić information content (AvgIpc) is 2.44. The first-order valence-corrected chi connectivity index (χ1v) is 9.82. The van der Waals surface area contributed by atoms with Crippen molar-refractivity contribution < 1.29 is 17.9 Å². The van der Waals surface area contributed by atoms with Crippen LogP contribution < -0.4 is 5.32 Å². The molecule has 0 radical (unpaired) electrons. The van der Waals surface area contributed by atoms with Crippen molar-refractivity contribution in [2.45, 2.75) is 53.4 Å². The molecule has 0 bridgehead atoms. The number of hydrogen-bond acceptors (Lipinski definition) is 4. The summed E-state index contributed by atoms with van der Waals surface area (Å²) in [6, 6.07) is 0. The van der Waals surface area contributed by atoms with Gasteiger partial charge in [0.1, 0.15) is 0 Å². The highest BCUT2D eigenvalue weighted by molar-refractivity contribution is 7.89. The molecule has 0 aliphatic rings. The second-order valence-corrected chi connectivity index (χ2v) is 7.93. The Kier molecular flexibility index (Phi) is 11.3. The van der Waals surface area contributed by atoms with Gasteiger partial charge in [0.05, 0.1) is 12.4 Å². The van der Waals surface area contributed by atoms with Gasteiger partial charge in [-0.15, -0.1) is 0 Å². The van der Waals surface area contributed by atoms with Crippen molar-refractivity contribution in [1.82, 2.24) is 9.62 Å². The summed E-state index contributed by atoms with van der Waals surface area (Å²) in [5.41, 5.74) is 0. The minimum atomic E-state index is -3.33. The van der Waals surface area contributed by atoms with E-state index in [2.05, 4.69) is 5.32 Å². The fourth-order valence-electron chi connectivity index (χ4n) is 1.76. The largest absolute Gasteiger partial charge is 0.449 e. The summed E-state index contributed by atoms with van der Waals surface area (Å²) in [7, 11) is -3.33. The van der Waals surface area contributed by atoms with Crippen LogP contribution in [-0.2, 0) is 14.8 Å². The number of carbonyl (C=O) groups excluding carboxylic acids is 1. The van der Waals surface area contributed by atoms with Crippen molar-refractivity contribution in [3.63, 3.8) is 0 Å². The topological polar surface area (TPSA) is 75.7 Å². The fourth-order valence-corrected chi connectivity index (χ4v) is 3.20. The van der Waals surface area contributed by atoms with Crippen molar-refractivity contribution in [2.75, 3.05) is 32.0 Å². The van der Waals surface area contributed by atoms with Crippen molar-refractivity contribution >= 4 is 16.1 Å². The van der Waals surface area contributed by atoms with Gasteiger partial charge >= 0.3 is 6.09 Å². The van der Waals surface area contributed by atoms with Gasteiger partial charge in [-0.25, -0.2) is 17.5 Å². The predicted molar refractivity (Wildman–Crippen MR) is 89.4 cm³/mol. The van der Waals surface area contributed by atoms with Crippen molar-refractivity contribution in [1.29, 1.82) is 0 Å². The molecule has 0 aromatic rings. The maximum absolute atomic E-state index is 12.3. The van der Waals surface area contributed by atoms with E-state index in [-0.39, 0.29) is 18.2 Å². The molecule has 0 saturated carbocycles. The molecule has 0 unspecified atom stereocenters. The molecule has 0 atom stereocenters. The van der Waals surface area contributed by atoms with E-state index < -0.39 is 16.1 Å². The van der Waals surface area contributed by atoms with Crippen LogP contribution in [0.5, 0.6) is 0 Å². The normalized spacial score (nSPS) is 11.9. The zero-order chi connectivity index (χ0) is 17.0. The third-order valence-electron chi connectivity index (χ3n) is 3.09. The number of nitrogens with zero attached hydrogens (tertiary/aromatic N) is 1. The quantitative estimate of drug-likeness (QED) is 0.594. The van der Waals surface area contributed by atoms with Gasteiger partial charge in [-0.1, -0.05) is 40.5 Å². The molecule has 132 valence electrons. The second-order valence-electron chi connectivity index (χ2n) is 5.84. The molecule has 0 aromatic carbocycles. The highest BCUT2D eigenvalue weighted by Crippen LogP contribution is 2.06. The molecular weight excluding hydrogens is 304 g/mol. The lowest BCUT2D eigenvalue weighted by atomic mass is 10.2. The number of alkyl carbamates (subject to hydrolysis) is 1. The van der Waals surface area contributed by atoms with E-state index >= 15 is 0 Å². The van der Waals surface area contributed by atoms with E-state index in [9.17, 15) is 13.2 Å². The monoisotopic (exact) mass is 336 g/mol. The molecule has 1 N–H and O–H groups in total. The number of nitrogens with one attached hydrogen (secondary N) is 1. The summed E-state index contributed by atoms with van der Waals surface area (Å²) in [5.74, 6) is 0.171. The van der Waals surface area contributed by atoms with Gasteiger partial charge in [-0.2, -0.15) is 0 Å². The molecule has 0 heterocycles. The van der Waals surface area contributed by atoms with Gasteiger partial charge in [-0.05, 0) is 18.8 Å². The minimum absolute atomic E-state index is 0.0774. The number of hydrogen-bond donors (Lipinski definition) is 1. The summed E-state index contributed by atoms with van der Waals surface area (Å²) >= 11 is 0. The lowest BCUT2D eigenvalue weighted by molar-refractivity contribution is 0.133. The van der Waals surface area contributed by atoms with Crippen molar-refractivity contribution in [2.24, 2.45) is 5.92 Å². The first-order valence-electron chi connectivity index (χ1n) is 8.21. The Morgan fingerprint density at radius 3 is 2.14 bits per heavy atom. The van der Waals surface area contributed by atoms with Crippen LogP contribution in [0.3, 0.4) is 0 Å². The number of ether oxygens (including phenoxy) is 1. The Labute approximate surface area is 135 Å². The molecule has 1 amide bonds. The molecular formula is C15H32N2O4S. The SMILES string of the molecule is CCCCN(CCCC)S(=O)(=O)CCNC(=O)OCC(C)C. The summed E-state index contributed by atoms with van der Waals surface area (Å²) in [5, 5.41) is 2.49. The zero-order valence-electron chi connectivity index (χ0n) is 14.4. The van der Waals surface area contributed by atoms with Gasteiger partial charge in [0, 0.05) is 19.6 Å². The summed E-state index contributed by atoms with van der Waals surface area (Å²) in [6.07, 6.45) is 3.06. The first kappa shape index (κ1) is 21.2. The van der Waals surface area contributed by atoms with Crippen LogP contribution in [0.25, 0.3) is 0 Å². The zero-order valence-corrected chi connectivity index (χ0v) is 15.2. The molecule has 0 rings (SSSR count). The Morgan fingerprint density at radius 2 is 1.68 bits per heavy atom. The molecule has 22 heavy (non-hydrogen) atoms. The lowest BCUT2D eigenvalue weighted by Crippen LogP contribution is -2.39. The highest BCUT2D eigenvalue weighted by Gasteiger charge is 2.21. The van der Waals surface area contributed by atoms with Crippen LogP contribution >= 0.6 is 0 Å². The van der Waals surface area contributed by atoms with Crippen LogP contribution in [-0.4, -0.2) is 50.8 Å². The molecule has 0 spiro atoms. The molecule has 0 fully saturated rings. The van der Waals surface area contributed by atoms with Crippen molar-refractivity contribution in [3.8, 4) is 0 Å². The smallest absolute Gasteiger partial charge is 0.407 e. The third kappa shape index (κ3) is 10.00. The highest BCUT2D eigenvalue weighted by atomic mass is 32.2. The van der Waals surface area contributed by atoms with Crippen LogP contribution in [0.15, 0.2) is 0 Å². The van der Waals surface area contributed by atoms with Crippen molar-refractivity contribution in [3.05, 3.63) is 0 Å². The second kappa shape index (κ2) is 11.7. The number of amides is 1. The maximum atomic E-state index is 12.3. The van der Waals surface area contributed by atoms with E-state index in [1.54, 1.807) is 4.31 Å². The standard InChI is InChI=1S/C15H32N2O4S/c1-5-7-10-17(11-8-6-2)22(19,20)12-9-16-15(18)21-13-14(3)4/h14H,5-13H2,1-4H3,(H,16,18). The van der Waals surface area contributed by atoms with E-state index in [0.717, 1.165) is 25.7 Å². The molecule has 0 aliphatic heterocycles. The molecule has 0 aromatic heterocycles. The van der Waals surface area contributed by atoms with E-state index in [1.165, 1.54) is 0 Å². The average molecular weight is 336 g/mol. The lowest BCUT2D eigenvalue weighted by Gasteiger charge is -2.22. The van der Waals surface area contributed by atoms with Crippen LogP contribution in [0.1, 0.15) is 53.4 Å². The van der Waals surface area contributed by atoms with Crippen LogP contribution in [0, 0.1) is 5.92 Å². The maximum Gasteiger partial charge on any atom is 0.407 e. The van der Waals surface area contributed by atoms with Gasteiger partial charge in [0.2, 0.25) is 10.0 Å². The predicted octanol–water partition coefficient (Wildman–Crippen LogP) is 2.60. The summed E-state index contributed by atoms with van der Waals surface area (Å²) in [4.78, 5) is 11.4. The Morgan fingerprint density at radius 1 is 1.14 bits per heavy atom. The first-order chi connectivity index (χ1) is 10.3. The van der Waals surface area contributed by atoms with E-state index in [0.29, 0.717) is 19.7 Å². The Bertz CT molecular complexity index is 388. The van der Waals surface area contributed by atoms with Gasteiger partial charge in [0.25, 0.3) is 0 Å². The molecule has 0 aliphatic carbocycles. The van der Waals surface area contributed by atoms with Crippen LogP contribution in [0.4, 0.5) is 4.79 Å². The number of rotatable bonds is 12. The van der Waals surface area contributed by atoms with Gasteiger partial charge in [-0.3, -0.25) is 0 Å². The Balaban J connectivity index is 4.29. The third-order valence-corrected chi connectivity index (χ3v) is 4.96. The van der Waals surface area contributed by atoms with E-state index in [1.807, 2.05) is 27.7 Å². The Hall–Kier alpha value is -0.820. The number of unbranched alkanes of at least 4 members (excludes halogenated alkanes) is 2. The number of sulfonamides is 1. The van der Waals surface area contributed by atoms with E-state index in [4.69, 9.17) is 4.74 Å². The number of carbonyl (C=O) groups is 1. The minimum Gasteiger partial charge on any atom is -0.449 e. The van der Waals surface area contributed by atoms with Gasteiger partial charge < -0.3 is 10.1 Å². The summed E-state index contributed by atoms with van der Waals surface area (Å²) < 4.78 is 31.1. The van der Waals surface area contributed by atoms with Gasteiger partial charge in [0.15, 0.2) is 0 Å². The summed E-state index contributed by atoms with van der Waals surface area (Å²) in [6.45, 7) is 9.47. The molecule has 7 heteroatoms.